The van der Waals surface area contributed by atoms with Gasteiger partial charge in [0.2, 0.25) is 5.95 Å². The molecule has 3 rings (SSSR count). The van der Waals surface area contributed by atoms with E-state index < -0.39 is 0 Å². The molecule has 1 aromatic carbocycles. The van der Waals surface area contributed by atoms with Crippen LogP contribution in [0.4, 0.5) is 17.5 Å². The number of hydrogen-bond donors (Lipinski definition) is 3. The van der Waals surface area contributed by atoms with E-state index in [1.165, 1.54) is 6.20 Å². The van der Waals surface area contributed by atoms with Crippen LogP contribution in [0.3, 0.4) is 0 Å². The summed E-state index contributed by atoms with van der Waals surface area (Å²) in [5.41, 5.74) is 2.25. The van der Waals surface area contributed by atoms with E-state index in [-0.39, 0.29) is 5.91 Å². The molecule has 0 atom stereocenters. The summed E-state index contributed by atoms with van der Waals surface area (Å²) >= 11 is 0. The number of aromatic nitrogens is 3. The Morgan fingerprint density at radius 3 is 2.64 bits per heavy atom. The molecule has 0 fully saturated rings. The van der Waals surface area contributed by atoms with Gasteiger partial charge in [0.1, 0.15) is 11.6 Å². The third-order valence-electron chi connectivity index (χ3n) is 3.83. The summed E-state index contributed by atoms with van der Waals surface area (Å²) in [5, 5.41) is 9.19. The minimum absolute atomic E-state index is 0.165. The molecule has 0 aliphatic rings. The highest BCUT2D eigenvalue weighted by Crippen LogP contribution is 2.19. The second-order valence-electron chi connectivity index (χ2n) is 6.00. The third kappa shape index (κ3) is 5.41. The van der Waals surface area contributed by atoms with Crippen molar-refractivity contribution >= 4 is 23.4 Å². The number of benzene rings is 1. The van der Waals surface area contributed by atoms with Crippen LogP contribution in [0.2, 0.25) is 0 Å². The van der Waals surface area contributed by atoms with Crippen molar-refractivity contribution in [1.82, 2.24) is 20.3 Å². The van der Waals surface area contributed by atoms with Gasteiger partial charge in [0.05, 0.1) is 12.7 Å². The van der Waals surface area contributed by atoms with Crippen molar-refractivity contribution in [1.29, 1.82) is 0 Å². The Hall–Kier alpha value is -3.68. The van der Waals surface area contributed by atoms with Gasteiger partial charge in [-0.25, -0.2) is 4.98 Å². The monoisotopic (exact) mass is 378 g/mol. The lowest BCUT2D eigenvalue weighted by atomic mass is 10.3. The lowest BCUT2D eigenvalue weighted by Gasteiger charge is -2.11. The topological polar surface area (TPSA) is 101 Å². The summed E-state index contributed by atoms with van der Waals surface area (Å²) in [6, 6.07) is 12.9. The van der Waals surface area contributed by atoms with Crippen LogP contribution >= 0.6 is 0 Å². The quantitative estimate of drug-likeness (QED) is 0.518. The van der Waals surface area contributed by atoms with Crippen molar-refractivity contribution in [3.05, 3.63) is 66.1 Å². The molecule has 8 heteroatoms. The fourth-order valence-corrected chi connectivity index (χ4v) is 2.48. The predicted molar refractivity (Wildman–Crippen MR) is 108 cm³/mol. The number of carbonyl (C=O) groups excluding carboxylic acids is 1. The van der Waals surface area contributed by atoms with Crippen LogP contribution in [0.5, 0.6) is 5.75 Å². The zero-order chi connectivity index (χ0) is 19.8. The van der Waals surface area contributed by atoms with Crippen molar-refractivity contribution in [3.63, 3.8) is 0 Å². The fourth-order valence-electron chi connectivity index (χ4n) is 2.48. The lowest BCUT2D eigenvalue weighted by molar-refractivity contribution is 0.0955. The Morgan fingerprint density at radius 1 is 1.11 bits per heavy atom. The number of hydrogen-bond acceptors (Lipinski definition) is 7. The minimum atomic E-state index is -0.165. The molecule has 0 saturated heterocycles. The summed E-state index contributed by atoms with van der Waals surface area (Å²) in [6.07, 6.45) is 3.16. The number of methoxy groups -OCH3 is 1. The number of carbonyl (C=O) groups is 1. The summed E-state index contributed by atoms with van der Waals surface area (Å²) in [7, 11) is 1.63. The number of pyridine rings is 1. The molecule has 0 aliphatic heterocycles. The summed E-state index contributed by atoms with van der Waals surface area (Å²) in [6.45, 7) is 2.83. The molecule has 0 unspecified atom stereocenters. The largest absolute Gasteiger partial charge is 0.497 e. The van der Waals surface area contributed by atoms with E-state index in [4.69, 9.17) is 4.74 Å². The van der Waals surface area contributed by atoms with Gasteiger partial charge in [-0.15, -0.1) is 0 Å². The molecule has 3 N–H and O–H groups in total. The van der Waals surface area contributed by atoms with E-state index >= 15 is 0 Å². The Bertz CT molecular complexity index is 916. The first-order valence-corrected chi connectivity index (χ1v) is 8.83. The molecule has 3 aromatic rings. The van der Waals surface area contributed by atoms with Gasteiger partial charge in [0.25, 0.3) is 5.91 Å². The van der Waals surface area contributed by atoms with Crippen LogP contribution in [-0.2, 0) is 0 Å². The molecule has 0 spiro atoms. The van der Waals surface area contributed by atoms with E-state index in [2.05, 4.69) is 30.9 Å². The van der Waals surface area contributed by atoms with Crippen LogP contribution in [-0.4, -0.2) is 41.1 Å². The molecule has 0 bridgehead atoms. The second-order valence-corrected chi connectivity index (χ2v) is 6.00. The first-order chi connectivity index (χ1) is 13.6. The molecule has 8 nitrogen and oxygen atoms in total. The highest BCUT2D eigenvalue weighted by atomic mass is 16.5. The van der Waals surface area contributed by atoms with Gasteiger partial charge in [0, 0.05) is 42.9 Å². The number of ether oxygens (including phenoxy) is 1. The molecule has 1 amide bonds. The molecular weight excluding hydrogens is 356 g/mol. The van der Waals surface area contributed by atoms with Gasteiger partial charge < -0.3 is 20.7 Å². The van der Waals surface area contributed by atoms with Gasteiger partial charge in [-0.2, -0.15) is 4.98 Å². The van der Waals surface area contributed by atoms with Crippen molar-refractivity contribution in [2.24, 2.45) is 0 Å². The van der Waals surface area contributed by atoms with E-state index in [0.717, 1.165) is 17.1 Å². The Kier molecular flexibility index (Phi) is 6.35. The molecule has 2 aromatic heterocycles. The number of rotatable bonds is 8. The Balaban J connectivity index is 1.53. The summed E-state index contributed by atoms with van der Waals surface area (Å²) < 4.78 is 5.16. The zero-order valence-corrected chi connectivity index (χ0v) is 15.8. The van der Waals surface area contributed by atoms with Crippen LogP contribution in [0.15, 0.2) is 54.9 Å². The number of anilines is 3. The molecule has 0 aliphatic carbocycles. The highest BCUT2D eigenvalue weighted by Gasteiger charge is 2.05. The smallest absolute Gasteiger partial charge is 0.252 e. The fraction of sp³-hybridized carbons (Fsp3) is 0.200. The average molecular weight is 378 g/mol. The number of aryl methyl sites for hydroxylation is 1. The van der Waals surface area contributed by atoms with Crippen molar-refractivity contribution < 1.29 is 9.53 Å². The van der Waals surface area contributed by atoms with Crippen molar-refractivity contribution in [2.75, 3.05) is 30.8 Å². The van der Waals surface area contributed by atoms with E-state index in [0.29, 0.717) is 30.4 Å². The second kappa shape index (κ2) is 9.31. The van der Waals surface area contributed by atoms with Gasteiger partial charge in [-0.05, 0) is 43.3 Å². The summed E-state index contributed by atoms with van der Waals surface area (Å²) in [5.74, 6) is 1.80. The first-order valence-electron chi connectivity index (χ1n) is 8.83. The van der Waals surface area contributed by atoms with Gasteiger partial charge in [-0.1, -0.05) is 0 Å². The van der Waals surface area contributed by atoms with E-state index in [1.807, 2.05) is 37.3 Å². The maximum absolute atomic E-state index is 12.0. The Labute approximate surface area is 163 Å². The molecule has 28 heavy (non-hydrogen) atoms. The summed E-state index contributed by atoms with van der Waals surface area (Å²) in [4.78, 5) is 24.8. The minimum Gasteiger partial charge on any atom is -0.497 e. The predicted octanol–water partition coefficient (Wildman–Crippen LogP) is 2.77. The standard InChI is InChI=1S/C20H22N6O2/c1-14-12-18(25-16-5-7-17(28-2)8-6-16)26-20(24-14)23-11-10-22-19(27)15-4-3-9-21-13-15/h3-9,12-13H,10-11H2,1-2H3,(H,22,27)(H2,23,24,25,26). The zero-order valence-electron chi connectivity index (χ0n) is 15.8. The van der Waals surface area contributed by atoms with E-state index in [9.17, 15) is 4.79 Å². The van der Waals surface area contributed by atoms with Crippen molar-refractivity contribution in [2.45, 2.75) is 6.92 Å². The van der Waals surface area contributed by atoms with Crippen molar-refractivity contribution in [3.8, 4) is 5.75 Å². The van der Waals surface area contributed by atoms with Crippen LogP contribution < -0.4 is 20.7 Å². The molecule has 2 heterocycles. The van der Waals surface area contributed by atoms with Crippen LogP contribution in [0, 0.1) is 6.92 Å². The molecule has 0 radical (unpaired) electrons. The normalized spacial score (nSPS) is 10.2. The van der Waals surface area contributed by atoms with Crippen LogP contribution in [0.25, 0.3) is 0 Å². The number of nitrogens with one attached hydrogen (secondary N) is 3. The van der Waals surface area contributed by atoms with Gasteiger partial charge in [-0.3, -0.25) is 9.78 Å². The maximum Gasteiger partial charge on any atom is 0.252 e. The molecule has 0 saturated carbocycles. The Morgan fingerprint density at radius 2 is 1.93 bits per heavy atom. The van der Waals surface area contributed by atoms with Gasteiger partial charge >= 0.3 is 0 Å². The molecular formula is C20H22N6O2. The SMILES string of the molecule is COc1ccc(Nc2cc(C)nc(NCCNC(=O)c3cccnc3)n2)cc1. The number of nitrogens with zero attached hydrogens (tertiary/aromatic N) is 3. The van der Waals surface area contributed by atoms with Crippen LogP contribution in [0.1, 0.15) is 16.1 Å². The van der Waals surface area contributed by atoms with Gasteiger partial charge in [0.15, 0.2) is 0 Å². The first kappa shape index (κ1) is 19.1. The van der Waals surface area contributed by atoms with E-state index in [1.54, 1.807) is 25.4 Å². The highest BCUT2D eigenvalue weighted by molar-refractivity contribution is 5.93. The lowest BCUT2D eigenvalue weighted by Crippen LogP contribution is -2.29. The third-order valence-corrected chi connectivity index (χ3v) is 3.83. The maximum atomic E-state index is 12.0. The number of amides is 1. The molecule has 144 valence electrons. The average Bonchev–Trinajstić information content (AvgIpc) is 2.72.